The summed E-state index contributed by atoms with van der Waals surface area (Å²) in [6.07, 6.45) is -4.22. The summed E-state index contributed by atoms with van der Waals surface area (Å²) in [5.41, 5.74) is 5.99. The normalized spacial score (nSPS) is 23.9. The number of piperidine rings is 1. The van der Waals surface area contributed by atoms with E-state index in [2.05, 4.69) is 10.1 Å². The lowest BCUT2D eigenvalue weighted by atomic mass is 10.1. The predicted molar refractivity (Wildman–Crippen MR) is 94.6 cm³/mol. The Labute approximate surface area is 159 Å². The minimum atomic E-state index is -4.59. The van der Waals surface area contributed by atoms with Crippen molar-refractivity contribution in [1.82, 2.24) is 19.7 Å². The van der Waals surface area contributed by atoms with E-state index in [9.17, 15) is 18.0 Å². The van der Waals surface area contributed by atoms with Gasteiger partial charge in [-0.2, -0.15) is 18.3 Å². The Bertz CT molecular complexity index is 928. The number of likely N-dealkylation sites (tertiary alicyclic amines) is 1. The molecule has 2 unspecified atom stereocenters. The van der Waals surface area contributed by atoms with Crippen molar-refractivity contribution in [1.29, 1.82) is 0 Å². The maximum Gasteiger partial charge on any atom is 0.419 e. The van der Waals surface area contributed by atoms with Crippen LogP contribution in [-0.2, 0) is 6.18 Å². The molecule has 7 nitrogen and oxygen atoms in total. The Morgan fingerprint density at radius 2 is 1.93 bits per heavy atom. The van der Waals surface area contributed by atoms with Crippen molar-refractivity contribution in [3.63, 3.8) is 0 Å². The van der Waals surface area contributed by atoms with E-state index < -0.39 is 23.7 Å². The molecule has 150 valence electrons. The van der Waals surface area contributed by atoms with Gasteiger partial charge in [0.05, 0.1) is 11.3 Å². The Balaban J connectivity index is 1.67. The van der Waals surface area contributed by atoms with Gasteiger partial charge in [0.15, 0.2) is 0 Å². The van der Waals surface area contributed by atoms with E-state index >= 15 is 0 Å². The number of nitrogens with zero attached hydrogens (tertiary/aromatic N) is 4. The first kappa shape index (κ1) is 18.6. The Hall–Kier alpha value is -2.78. The number of aromatic nitrogens is 3. The average molecular weight is 395 g/mol. The highest BCUT2D eigenvalue weighted by atomic mass is 19.4. The Morgan fingerprint density at radius 1 is 1.29 bits per heavy atom. The molecule has 2 aromatic heterocycles. The number of carbonyl (C=O) groups is 1. The molecule has 2 aliphatic rings. The van der Waals surface area contributed by atoms with Gasteiger partial charge in [-0.05, 0) is 37.8 Å². The molecule has 28 heavy (non-hydrogen) atoms. The molecule has 1 saturated heterocycles. The number of hydrogen-bond donors (Lipinski definition) is 2. The molecule has 0 radical (unpaired) electrons. The lowest BCUT2D eigenvalue weighted by molar-refractivity contribution is -0.137. The maximum atomic E-state index is 13.2. The summed E-state index contributed by atoms with van der Waals surface area (Å²) in [5.74, 6) is 0.0650. The summed E-state index contributed by atoms with van der Waals surface area (Å²) in [6.45, 7) is 4.85. The third kappa shape index (κ3) is 2.96. The SMILES string of the molecule is CC(C)n1nc(-c2cnc(N)c(C(F)(F)F)c2)cc1C1C2CN(C(=O)O)CC21. The quantitative estimate of drug-likeness (QED) is 0.830. The minimum absolute atomic E-state index is 0.0180. The molecular weight excluding hydrogens is 375 g/mol. The van der Waals surface area contributed by atoms with Crippen LogP contribution in [0.15, 0.2) is 18.3 Å². The average Bonchev–Trinajstić information content (AvgIpc) is 2.99. The van der Waals surface area contributed by atoms with Crippen molar-refractivity contribution in [3.8, 4) is 11.3 Å². The molecule has 1 aliphatic heterocycles. The molecule has 1 saturated carbocycles. The molecule has 2 fully saturated rings. The van der Waals surface area contributed by atoms with Crippen molar-refractivity contribution in [2.75, 3.05) is 18.8 Å². The number of amides is 1. The van der Waals surface area contributed by atoms with Gasteiger partial charge in [-0.15, -0.1) is 0 Å². The van der Waals surface area contributed by atoms with Crippen molar-refractivity contribution in [3.05, 3.63) is 29.6 Å². The number of anilines is 1. The van der Waals surface area contributed by atoms with Crippen LogP contribution in [0.5, 0.6) is 0 Å². The highest BCUT2D eigenvalue weighted by Gasteiger charge is 2.58. The third-order valence-corrected chi connectivity index (χ3v) is 5.58. The molecule has 0 aromatic carbocycles. The lowest BCUT2D eigenvalue weighted by Crippen LogP contribution is -2.29. The molecular formula is C18H20F3N5O2. The number of fused-ring (bicyclic) bond motifs is 1. The number of carboxylic acid groups (broad SMARTS) is 1. The van der Waals surface area contributed by atoms with E-state index in [0.717, 1.165) is 11.8 Å². The van der Waals surface area contributed by atoms with Gasteiger partial charge in [-0.3, -0.25) is 4.68 Å². The van der Waals surface area contributed by atoms with Crippen LogP contribution in [-0.4, -0.2) is 44.0 Å². The number of halogens is 3. The second kappa shape index (κ2) is 6.11. The van der Waals surface area contributed by atoms with Crippen LogP contribution in [0.1, 0.15) is 37.1 Å². The molecule has 0 spiro atoms. The second-order valence-electron chi connectivity index (χ2n) is 7.69. The van der Waals surface area contributed by atoms with E-state index in [1.165, 1.54) is 11.1 Å². The van der Waals surface area contributed by atoms with Gasteiger partial charge in [-0.25, -0.2) is 9.78 Å². The van der Waals surface area contributed by atoms with Gasteiger partial charge < -0.3 is 15.7 Å². The van der Waals surface area contributed by atoms with Gasteiger partial charge in [0, 0.05) is 42.5 Å². The first-order chi connectivity index (χ1) is 13.1. The summed E-state index contributed by atoms with van der Waals surface area (Å²) in [4.78, 5) is 16.2. The van der Waals surface area contributed by atoms with E-state index in [4.69, 9.17) is 10.8 Å². The fraction of sp³-hybridized carbons (Fsp3) is 0.500. The number of hydrogen-bond acceptors (Lipinski definition) is 4. The van der Waals surface area contributed by atoms with Crippen LogP contribution in [0.2, 0.25) is 0 Å². The van der Waals surface area contributed by atoms with E-state index in [1.54, 1.807) is 6.07 Å². The van der Waals surface area contributed by atoms with E-state index in [0.29, 0.717) is 18.8 Å². The molecule has 4 rings (SSSR count). The monoisotopic (exact) mass is 395 g/mol. The number of nitrogen functional groups attached to an aromatic ring is 1. The molecule has 2 aromatic rings. The Morgan fingerprint density at radius 3 is 2.46 bits per heavy atom. The predicted octanol–water partition coefficient (Wildman–Crippen LogP) is 3.45. The molecule has 1 amide bonds. The van der Waals surface area contributed by atoms with Gasteiger partial charge in [-0.1, -0.05) is 0 Å². The second-order valence-corrected chi connectivity index (χ2v) is 7.69. The standard InChI is InChI=1S/C18H20F3N5O2/c1-8(2)26-14(15-10-6-25(17(27)28)7-11(10)15)4-13(24-26)9-3-12(18(19,20)21)16(22)23-5-9/h3-5,8,10-11,15H,6-7H2,1-2H3,(H2,22,23)(H,27,28). The Kier molecular flexibility index (Phi) is 4.06. The highest BCUT2D eigenvalue weighted by Crippen LogP contribution is 2.58. The van der Waals surface area contributed by atoms with Gasteiger partial charge in [0.1, 0.15) is 5.82 Å². The number of alkyl halides is 3. The zero-order valence-corrected chi connectivity index (χ0v) is 15.3. The first-order valence-electron chi connectivity index (χ1n) is 8.98. The fourth-order valence-corrected chi connectivity index (χ4v) is 4.18. The number of pyridine rings is 1. The van der Waals surface area contributed by atoms with Gasteiger partial charge >= 0.3 is 12.3 Å². The summed E-state index contributed by atoms with van der Waals surface area (Å²) in [5, 5.41) is 13.6. The maximum absolute atomic E-state index is 13.2. The highest BCUT2D eigenvalue weighted by molar-refractivity contribution is 5.66. The molecule has 3 heterocycles. The number of rotatable bonds is 3. The summed E-state index contributed by atoms with van der Waals surface area (Å²) >= 11 is 0. The van der Waals surface area contributed by atoms with Crippen LogP contribution < -0.4 is 5.73 Å². The van der Waals surface area contributed by atoms with Crippen LogP contribution in [0.4, 0.5) is 23.8 Å². The van der Waals surface area contributed by atoms with Crippen molar-refractivity contribution in [2.24, 2.45) is 11.8 Å². The van der Waals surface area contributed by atoms with Crippen LogP contribution in [0.25, 0.3) is 11.3 Å². The largest absolute Gasteiger partial charge is 0.465 e. The van der Waals surface area contributed by atoms with Crippen LogP contribution >= 0.6 is 0 Å². The van der Waals surface area contributed by atoms with Crippen molar-refractivity contribution >= 4 is 11.9 Å². The molecule has 2 atom stereocenters. The smallest absolute Gasteiger partial charge is 0.419 e. The van der Waals surface area contributed by atoms with E-state index in [-0.39, 0.29) is 29.4 Å². The van der Waals surface area contributed by atoms with Gasteiger partial charge in [0.2, 0.25) is 0 Å². The first-order valence-corrected chi connectivity index (χ1v) is 8.98. The molecule has 10 heteroatoms. The summed E-state index contributed by atoms with van der Waals surface area (Å²) in [7, 11) is 0. The van der Waals surface area contributed by atoms with Crippen molar-refractivity contribution < 1.29 is 23.1 Å². The fourth-order valence-electron chi connectivity index (χ4n) is 4.18. The third-order valence-electron chi connectivity index (χ3n) is 5.58. The van der Waals surface area contributed by atoms with Gasteiger partial charge in [0.25, 0.3) is 0 Å². The van der Waals surface area contributed by atoms with E-state index in [1.807, 2.05) is 18.5 Å². The molecule has 0 bridgehead atoms. The zero-order valence-electron chi connectivity index (χ0n) is 15.3. The minimum Gasteiger partial charge on any atom is -0.465 e. The zero-order chi connectivity index (χ0) is 20.4. The van der Waals surface area contributed by atoms with Crippen molar-refractivity contribution in [2.45, 2.75) is 32.0 Å². The molecule has 3 N–H and O–H groups in total. The van der Waals surface area contributed by atoms with Crippen LogP contribution in [0, 0.1) is 11.8 Å². The molecule has 1 aliphatic carbocycles. The summed E-state index contributed by atoms with van der Waals surface area (Å²) in [6, 6.07) is 2.78. The summed E-state index contributed by atoms with van der Waals surface area (Å²) < 4.78 is 41.3. The number of nitrogens with two attached hydrogens (primary N) is 1. The van der Waals surface area contributed by atoms with Crippen LogP contribution in [0.3, 0.4) is 0 Å². The topological polar surface area (TPSA) is 97.3 Å². The lowest BCUT2D eigenvalue weighted by Gasteiger charge is -2.17.